The summed E-state index contributed by atoms with van der Waals surface area (Å²) in [5.74, 6) is -0.417. The lowest BCUT2D eigenvalue weighted by molar-refractivity contribution is -0.136. The highest BCUT2D eigenvalue weighted by Crippen LogP contribution is 2.20. The van der Waals surface area contributed by atoms with Gasteiger partial charge in [0.2, 0.25) is 0 Å². The summed E-state index contributed by atoms with van der Waals surface area (Å²) in [4.78, 5) is 16.6. The minimum absolute atomic E-state index is 0.417. The van der Waals surface area contributed by atoms with Gasteiger partial charge < -0.3 is 9.40 Å². The summed E-state index contributed by atoms with van der Waals surface area (Å²) in [7, 11) is 1.92. The number of carbonyl (C=O) groups excluding carboxylic acids is 1. The average molecular weight is 252 g/mol. The van der Waals surface area contributed by atoms with E-state index in [9.17, 15) is 4.79 Å². The van der Waals surface area contributed by atoms with Crippen molar-refractivity contribution in [3.63, 3.8) is 0 Å². The zero-order valence-corrected chi connectivity index (χ0v) is 10.4. The number of oxime groups is 1. The maximum Gasteiger partial charge on any atom is 0.368 e. The second kappa shape index (κ2) is 4.57. The maximum atomic E-state index is 11.8. The largest absolute Gasteiger partial charge is 0.368 e. The minimum Gasteiger partial charge on any atom is -0.351 e. The van der Waals surface area contributed by atoms with E-state index in [1.54, 1.807) is 6.08 Å². The lowest BCUT2D eigenvalue weighted by Gasteiger charge is -2.01. The number of carbonyl (C=O) groups is 1. The Labute approximate surface area is 110 Å². The van der Waals surface area contributed by atoms with Gasteiger partial charge in [0.25, 0.3) is 0 Å². The van der Waals surface area contributed by atoms with Gasteiger partial charge in [-0.2, -0.15) is 0 Å². The highest BCUT2D eigenvalue weighted by Gasteiger charge is 2.26. The molecule has 0 unspecified atom stereocenters. The molecule has 2 heterocycles. The normalized spacial score (nSPS) is 16.6. The molecule has 0 amide bonds. The number of rotatable bonds is 2. The van der Waals surface area contributed by atoms with E-state index < -0.39 is 5.97 Å². The number of aryl methyl sites for hydroxylation is 1. The molecule has 0 aliphatic carbocycles. The third kappa shape index (κ3) is 2.08. The standard InChI is InChI=1S/C15H12N2O2/c1-17-9-5-8-12(17)10-13-14(16-19-15(13)18)11-6-3-2-4-7-11/h2-10H,1H3/b13-10+. The molecule has 0 bridgehead atoms. The second-order valence-corrected chi connectivity index (χ2v) is 4.29. The van der Waals surface area contributed by atoms with Crippen molar-refractivity contribution in [2.24, 2.45) is 12.2 Å². The van der Waals surface area contributed by atoms with Crippen LogP contribution < -0.4 is 0 Å². The molecule has 0 spiro atoms. The van der Waals surface area contributed by atoms with Crippen LogP contribution in [-0.4, -0.2) is 16.2 Å². The summed E-state index contributed by atoms with van der Waals surface area (Å²) >= 11 is 0. The topological polar surface area (TPSA) is 43.6 Å². The summed E-state index contributed by atoms with van der Waals surface area (Å²) in [6.45, 7) is 0. The molecule has 0 fully saturated rings. The van der Waals surface area contributed by atoms with Crippen molar-refractivity contribution >= 4 is 17.8 Å². The molecule has 1 aromatic carbocycles. The predicted octanol–water partition coefficient (Wildman–Crippen LogP) is 2.37. The van der Waals surface area contributed by atoms with E-state index in [1.165, 1.54) is 0 Å². The van der Waals surface area contributed by atoms with Gasteiger partial charge in [-0.25, -0.2) is 4.79 Å². The molecule has 4 nitrogen and oxygen atoms in total. The van der Waals surface area contributed by atoms with Crippen LogP contribution in [0.15, 0.2) is 59.4 Å². The molecule has 0 radical (unpaired) electrons. The lowest BCUT2D eigenvalue weighted by Crippen LogP contribution is -2.07. The zero-order chi connectivity index (χ0) is 13.2. The molecular weight excluding hydrogens is 240 g/mol. The average Bonchev–Trinajstić information content (AvgIpc) is 2.99. The van der Waals surface area contributed by atoms with Crippen LogP contribution in [0.1, 0.15) is 11.3 Å². The Kier molecular flexibility index (Phi) is 2.76. The first-order valence-electron chi connectivity index (χ1n) is 5.94. The van der Waals surface area contributed by atoms with Gasteiger partial charge in [-0.3, -0.25) is 0 Å². The molecule has 3 rings (SSSR count). The molecule has 1 aliphatic heterocycles. The molecule has 94 valence electrons. The maximum absolute atomic E-state index is 11.8. The smallest absolute Gasteiger partial charge is 0.351 e. The van der Waals surface area contributed by atoms with E-state index >= 15 is 0 Å². The van der Waals surface area contributed by atoms with Gasteiger partial charge in [-0.15, -0.1) is 0 Å². The molecule has 0 atom stereocenters. The molecule has 1 aromatic heterocycles. The summed E-state index contributed by atoms with van der Waals surface area (Å²) in [6, 6.07) is 13.4. The first-order chi connectivity index (χ1) is 9.25. The molecular formula is C15H12N2O2. The highest BCUT2D eigenvalue weighted by molar-refractivity contribution is 6.31. The third-order valence-electron chi connectivity index (χ3n) is 3.02. The van der Waals surface area contributed by atoms with Gasteiger partial charge in [-0.05, 0) is 18.2 Å². The van der Waals surface area contributed by atoms with Gasteiger partial charge in [0.05, 0.1) is 5.57 Å². The third-order valence-corrected chi connectivity index (χ3v) is 3.02. The summed E-state index contributed by atoms with van der Waals surface area (Å²) < 4.78 is 1.93. The van der Waals surface area contributed by atoms with Crippen LogP contribution in [0.5, 0.6) is 0 Å². The number of hydrogen-bond donors (Lipinski definition) is 0. The zero-order valence-electron chi connectivity index (χ0n) is 10.4. The molecule has 0 saturated carbocycles. The van der Waals surface area contributed by atoms with Crippen molar-refractivity contribution in [3.8, 4) is 0 Å². The van der Waals surface area contributed by atoms with E-state index in [0.717, 1.165) is 11.3 Å². The van der Waals surface area contributed by atoms with Crippen molar-refractivity contribution in [1.29, 1.82) is 0 Å². The van der Waals surface area contributed by atoms with E-state index in [4.69, 9.17) is 4.84 Å². The van der Waals surface area contributed by atoms with Crippen LogP contribution in [0.3, 0.4) is 0 Å². The van der Waals surface area contributed by atoms with Crippen LogP contribution in [-0.2, 0) is 16.7 Å². The first kappa shape index (κ1) is 11.5. The number of hydrogen-bond acceptors (Lipinski definition) is 3. The fraction of sp³-hybridized carbons (Fsp3) is 0.0667. The van der Waals surface area contributed by atoms with Gasteiger partial charge in [0, 0.05) is 24.5 Å². The van der Waals surface area contributed by atoms with Gasteiger partial charge >= 0.3 is 5.97 Å². The van der Waals surface area contributed by atoms with Crippen LogP contribution in [0, 0.1) is 0 Å². The predicted molar refractivity (Wildman–Crippen MR) is 72.5 cm³/mol. The fourth-order valence-corrected chi connectivity index (χ4v) is 1.99. The van der Waals surface area contributed by atoms with Crippen LogP contribution in [0.2, 0.25) is 0 Å². The lowest BCUT2D eigenvalue weighted by atomic mass is 10.0. The van der Waals surface area contributed by atoms with Crippen LogP contribution in [0.4, 0.5) is 0 Å². The fourth-order valence-electron chi connectivity index (χ4n) is 1.99. The van der Waals surface area contributed by atoms with Crippen molar-refractivity contribution in [3.05, 3.63) is 65.5 Å². The molecule has 19 heavy (non-hydrogen) atoms. The van der Waals surface area contributed by atoms with Crippen LogP contribution >= 0.6 is 0 Å². The SMILES string of the molecule is Cn1cccc1/C=C1/C(=O)ON=C1c1ccccc1. The van der Waals surface area contributed by atoms with Gasteiger partial charge in [0.1, 0.15) is 5.71 Å². The van der Waals surface area contributed by atoms with E-state index in [-0.39, 0.29) is 0 Å². The Balaban J connectivity index is 2.05. The van der Waals surface area contributed by atoms with E-state index in [2.05, 4.69) is 5.16 Å². The summed E-state index contributed by atoms with van der Waals surface area (Å²) in [5, 5.41) is 3.87. The quantitative estimate of drug-likeness (QED) is 0.608. The van der Waals surface area contributed by atoms with Crippen LogP contribution in [0.25, 0.3) is 6.08 Å². The summed E-state index contributed by atoms with van der Waals surface area (Å²) in [5.41, 5.74) is 2.85. The Morgan fingerprint density at radius 3 is 2.63 bits per heavy atom. The summed E-state index contributed by atoms with van der Waals surface area (Å²) in [6.07, 6.45) is 3.72. The molecule has 0 saturated heterocycles. The van der Waals surface area contributed by atoms with E-state index in [0.29, 0.717) is 11.3 Å². The second-order valence-electron chi connectivity index (χ2n) is 4.29. The van der Waals surface area contributed by atoms with Crippen molar-refractivity contribution in [2.75, 3.05) is 0 Å². The minimum atomic E-state index is -0.417. The van der Waals surface area contributed by atoms with E-state index in [1.807, 2.05) is 60.3 Å². The van der Waals surface area contributed by atoms with Crippen molar-refractivity contribution in [1.82, 2.24) is 4.57 Å². The Morgan fingerprint density at radius 1 is 1.16 bits per heavy atom. The molecule has 0 N–H and O–H groups in total. The highest BCUT2D eigenvalue weighted by atomic mass is 16.7. The first-order valence-corrected chi connectivity index (χ1v) is 5.94. The Morgan fingerprint density at radius 2 is 1.95 bits per heavy atom. The molecule has 2 aromatic rings. The Hall–Kier alpha value is -2.62. The van der Waals surface area contributed by atoms with Crippen molar-refractivity contribution < 1.29 is 9.63 Å². The van der Waals surface area contributed by atoms with Crippen molar-refractivity contribution in [2.45, 2.75) is 0 Å². The number of aromatic nitrogens is 1. The molecule has 4 heteroatoms. The number of nitrogens with zero attached hydrogens (tertiary/aromatic N) is 2. The Bertz CT molecular complexity index is 681. The van der Waals surface area contributed by atoms with Gasteiger partial charge in [0.15, 0.2) is 0 Å². The van der Waals surface area contributed by atoms with Gasteiger partial charge in [-0.1, -0.05) is 35.5 Å². The number of benzene rings is 1. The monoisotopic (exact) mass is 252 g/mol. The molecule has 1 aliphatic rings.